The average Bonchev–Trinajstić information content (AvgIpc) is 3.36. The smallest absolute Gasteiger partial charge is 0.341 e. The number of carbonyl (C=O) groups excluding carboxylic acids is 2. The maximum Gasteiger partial charge on any atom is 0.341 e. The summed E-state index contributed by atoms with van der Waals surface area (Å²) in [5.41, 5.74) is 1.84. The predicted molar refractivity (Wildman–Crippen MR) is 132 cm³/mol. The zero-order chi connectivity index (χ0) is 22.7. The van der Waals surface area contributed by atoms with Gasteiger partial charge in [0.05, 0.1) is 18.2 Å². The van der Waals surface area contributed by atoms with Crippen LogP contribution in [0.5, 0.6) is 5.75 Å². The molecule has 4 aromatic rings. The van der Waals surface area contributed by atoms with Crippen molar-refractivity contribution in [1.29, 1.82) is 0 Å². The van der Waals surface area contributed by atoms with E-state index in [2.05, 4.69) is 5.32 Å². The minimum Gasteiger partial charge on any atom is -0.494 e. The van der Waals surface area contributed by atoms with Gasteiger partial charge in [0, 0.05) is 21.0 Å². The van der Waals surface area contributed by atoms with Gasteiger partial charge in [0.25, 0.3) is 5.91 Å². The Labute approximate surface area is 198 Å². The molecule has 32 heavy (non-hydrogen) atoms. The van der Waals surface area contributed by atoms with Gasteiger partial charge < -0.3 is 14.8 Å². The molecule has 0 saturated heterocycles. The van der Waals surface area contributed by atoms with E-state index < -0.39 is 5.97 Å². The van der Waals surface area contributed by atoms with E-state index in [0.29, 0.717) is 32.6 Å². The summed E-state index contributed by atoms with van der Waals surface area (Å²) in [5, 5.41) is 6.37. The highest BCUT2D eigenvalue weighted by atomic mass is 35.5. The number of hydrogen-bond donors (Lipinski definition) is 1. The number of benzene rings is 2. The lowest BCUT2D eigenvalue weighted by Crippen LogP contribution is -2.14. The zero-order valence-electron chi connectivity index (χ0n) is 17.4. The van der Waals surface area contributed by atoms with Gasteiger partial charge in [-0.2, -0.15) is 0 Å². The first-order valence-corrected chi connectivity index (χ1v) is 12.1. The van der Waals surface area contributed by atoms with Crippen LogP contribution in [0.15, 0.2) is 53.9 Å². The highest BCUT2D eigenvalue weighted by Crippen LogP contribution is 2.39. The second-order valence-electron chi connectivity index (χ2n) is 6.73. The highest BCUT2D eigenvalue weighted by Gasteiger charge is 2.25. The van der Waals surface area contributed by atoms with Crippen molar-refractivity contribution in [3.8, 4) is 16.9 Å². The lowest BCUT2D eigenvalue weighted by atomic mass is 10.0. The Bertz CT molecular complexity index is 1280. The molecule has 0 radical (unpaired) electrons. The quantitative estimate of drug-likeness (QED) is 0.283. The van der Waals surface area contributed by atoms with Crippen LogP contribution in [0.1, 0.15) is 33.9 Å². The summed E-state index contributed by atoms with van der Waals surface area (Å²) in [4.78, 5) is 26.3. The third-order valence-corrected chi connectivity index (χ3v) is 7.28. The zero-order valence-corrected chi connectivity index (χ0v) is 19.8. The van der Waals surface area contributed by atoms with Gasteiger partial charge in [0.1, 0.15) is 21.2 Å². The fraction of sp³-hybridized carbons (Fsp3) is 0.167. The molecule has 0 spiro atoms. The molecule has 2 aromatic carbocycles. The first-order chi connectivity index (χ1) is 15.5. The summed E-state index contributed by atoms with van der Waals surface area (Å²) in [6.45, 7) is 4.47. The molecule has 0 atom stereocenters. The van der Waals surface area contributed by atoms with Crippen molar-refractivity contribution in [3.05, 3.63) is 69.4 Å². The topological polar surface area (TPSA) is 64.6 Å². The molecule has 0 bridgehead atoms. The summed E-state index contributed by atoms with van der Waals surface area (Å²) in [6, 6.07) is 15.0. The summed E-state index contributed by atoms with van der Waals surface area (Å²) >= 11 is 9.05. The number of fused-ring (bicyclic) bond motifs is 1. The van der Waals surface area contributed by atoms with Crippen LogP contribution in [0, 0.1) is 0 Å². The van der Waals surface area contributed by atoms with E-state index in [-0.39, 0.29) is 12.5 Å². The Hall–Kier alpha value is -2.87. The molecule has 0 unspecified atom stereocenters. The predicted octanol–water partition coefficient (Wildman–Crippen LogP) is 7.11. The van der Waals surface area contributed by atoms with Crippen molar-refractivity contribution < 1.29 is 19.1 Å². The second kappa shape index (κ2) is 9.73. The molecule has 1 amide bonds. The summed E-state index contributed by atoms with van der Waals surface area (Å²) in [7, 11) is 0. The average molecular weight is 486 g/mol. The van der Waals surface area contributed by atoms with Crippen LogP contribution in [0.25, 0.3) is 21.2 Å². The van der Waals surface area contributed by atoms with Gasteiger partial charge in [-0.3, -0.25) is 4.79 Å². The number of rotatable bonds is 7. The molecule has 4 rings (SSSR count). The van der Waals surface area contributed by atoms with Crippen molar-refractivity contribution in [1.82, 2.24) is 0 Å². The molecule has 8 heteroatoms. The van der Waals surface area contributed by atoms with E-state index in [1.165, 1.54) is 22.7 Å². The Balaban J connectivity index is 1.69. The molecular weight excluding hydrogens is 466 g/mol. The van der Waals surface area contributed by atoms with Crippen LogP contribution in [0.2, 0.25) is 5.02 Å². The molecule has 0 aliphatic rings. The third-order valence-electron chi connectivity index (χ3n) is 4.72. The molecule has 0 aliphatic carbocycles. The van der Waals surface area contributed by atoms with E-state index >= 15 is 0 Å². The highest BCUT2D eigenvalue weighted by molar-refractivity contribution is 7.22. The summed E-state index contributed by atoms with van der Waals surface area (Å²) in [5.74, 6) is -0.102. The standard InChI is InChI=1S/C24H20ClNO4S2/c1-3-29-15-11-9-14(10-12-15)17-13-31-23(19(17)24(28)30-4-2)26-22(27)21-20(25)16-7-5-6-8-18(16)32-21/h5-13H,3-4H2,1-2H3,(H,26,27). The third kappa shape index (κ3) is 4.37. The Morgan fingerprint density at radius 2 is 1.78 bits per heavy atom. The first-order valence-electron chi connectivity index (χ1n) is 10.0. The van der Waals surface area contributed by atoms with Gasteiger partial charge in [0.15, 0.2) is 0 Å². The van der Waals surface area contributed by atoms with Crippen molar-refractivity contribution >= 4 is 61.2 Å². The van der Waals surface area contributed by atoms with Crippen LogP contribution in [-0.2, 0) is 4.74 Å². The van der Waals surface area contributed by atoms with Gasteiger partial charge in [-0.15, -0.1) is 22.7 Å². The van der Waals surface area contributed by atoms with Crippen molar-refractivity contribution in [2.45, 2.75) is 13.8 Å². The molecule has 2 heterocycles. The van der Waals surface area contributed by atoms with Gasteiger partial charge in [0.2, 0.25) is 0 Å². The fourth-order valence-electron chi connectivity index (χ4n) is 3.29. The molecule has 0 fully saturated rings. The number of anilines is 1. The summed E-state index contributed by atoms with van der Waals surface area (Å²) in [6.07, 6.45) is 0. The summed E-state index contributed by atoms with van der Waals surface area (Å²) < 4.78 is 11.7. The number of amides is 1. The minimum atomic E-state index is -0.490. The van der Waals surface area contributed by atoms with Crippen LogP contribution in [0.3, 0.4) is 0 Å². The molecule has 5 nitrogen and oxygen atoms in total. The molecule has 0 saturated carbocycles. The van der Waals surface area contributed by atoms with Crippen LogP contribution in [-0.4, -0.2) is 25.1 Å². The Kier molecular flexibility index (Phi) is 6.79. The number of ether oxygens (including phenoxy) is 2. The number of halogens is 1. The molecule has 1 N–H and O–H groups in total. The largest absolute Gasteiger partial charge is 0.494 e. The van der Waals surface area contributed by atoms with E-state index in [0.717, 1.165) is 21.4 Å². The Morgan fingerprint density at radius 1 is 1.03 bits per heavy atom. The number of hydrogen-bond acceptors (Lipinski definition) is 6. The Morgan fingerprint density at radius 3 is 2.47 bits per heavy atom. The second-order valence-corrected chi connectivity index (χ2v) is 9.04. The van der Waals surface area contributed by atoms with Gasteiger partial charge >= 0.3 is 5.97 Å². The first kappa shape index (κ1) is 22.3. The minimum absolute atomic E-state index is 0.229. The number of thiophene rings is 2. The van der Waals surface area contributed by atoms with Crippen molar-refractivity contribution in [2.75, 3.05) is 18.5 Å². The number of esters is 1. The maximum atomic E-state index is 13.1. The number of nitrogens with one attached hydrogen (secondary N) is 1. The molecule has 2 aromatic heterocycles. The van der Waals surface area contributed by atoms with Gasteiger partial charge in [-0.1, -0.05) is 41.9 Å². The monoisotopic (exact) mass is 485 g/mol. The van der Waals surface area contributed by atoms with E-state index in [9.17, 15) is 9.59 Å². The van der Waals surface area contributed by atoms with Gasteiger partial charge in [-0.05, 0) is 37.6 Å². The molecule has 0 aliphatic heterocycles. The van der Waals surface area contributed by atoms with Crippen molar-refractivity contribution in [3.63, 3.8) is 0 Å². The van der Waals surface area contributed by atoms with Crippen LogP contribution < -0.4 is 10.1 Å². The molecule has 164 valence electrons. The molecular formula is C24H20ClNO4S2. The van der Waals surface area contributed by atoms with Crippen LogP contribution in [0.4, 0.5) is 5.00 Å². The van der Waals surface area contributed by atoms with Crippen LogP contribution >= 0.6 is 34.3 Å². The van der Waals surface area contributed by atoms with E-state index in [1.807, 2.05) is 60.8 Å². The number of carbonyl (C=O) groups is 2. The lowest BCUT2D eigenvalue weighted by molar-refractivity contribution is 0.0529. The lowest BCUT2D eigenvalue weighted by Gasteiger charge is -2.09. The fourth-order valence-corrected chi connectivity index (χ4v) is 5.65. The SMILES string of the molecule is CCOC(=O)c1c(-c2ccc(OCC)cc2)csc1NC(=O)c1sc2ccccc2c1Cl. The van der Waals surface area contributed by atoms with E-state index in [4.69, 9.17) is 21.1 Å². The van der Waals surface area contributed by atoms with E-state index in [1.54, 1.807) is 6.92 Å². The van der Waals surface area contributed by atoms with Crippen molar-refractivity contribution in [2.24, 2.45) is 0 Å². The maximum absolute atomic E-state index is 13.1. The van der Waals surface area contributed by atoms with Gasteiger partial charge in [-0.25, -0.2) is 4.79 Å². The normalized spacial score (nSPS) is 10.8.